The summed E-state index contributed by atoms with van der Waals surface area (Å²) in [4.78, 5) is 33.2. The van der Waals surface area contributed by atoms with Gasteiger partial charge in [-0.2, -0.15) is 0 Å². The average Bonchev–Trinajstić information content (AvgIpc) is 3.42. The van der Waals surface area contributed by atoms with Crippen LogP contribution in [0.15, 0.2) is 48.1 Å². The first-order chi connectivity index (χ1) is 15.5. The van der Waals surface area contributed by atoms with Crippen molar-refractivity contribution in [3.8, 4) is 11.1 Å². The summed E-state index contributed by atoms with van der Waals surface area (Å²) in [5.41, 5.74) is 2.28. The fourth-order valence-corrected chi connectivity index (χ4v) is 3.91. The zero-order valence-electron chi connectivity index (χ0n) is 17.4. The van der Waals surface area contributed by atoms with Crippen molar-refractivity contribution in [2.75, 3.05) is 18.0 Å². The largest absolute Gasteiger partial charge is 0.442 e. The Morgan fingerprint density at radius 2 is 2.16 bits per heavy atom. The van der Waals surface area contributed by atoms with Crippen LogP contribution >= 0.6 is 11.3 Å². The molecule has 8 nitrogen and oxygen atoms in total. The molecule has 0 saturated carbocycles. The van der Waals surface area contributed by atoms with Crippen LogP contribution in [0.5, 0.6) is 0 Å². The number of thiazole rings is 1. The number of halogens is 1. The third-order valence-corrected chi connectivity index (χ3v) is 5.70. The van der Waals surface area contributed by atoms with Crippen molar-refractivity contribution in [3.05, 3.63) is 64.6 Å². The predicted octanol–water partition coefficient (Wildman–Crippen LogP) is 3.10. The lowest BCUT2D eigenvalue weighted by atomic mass is 10.1. The maximum Gasteiger partial charge on any atom is 0.414 e. The van der Waals surface area contributed by atoms with Gasteiger partial charge in [0.25, 0.3) is 0 Å². The highest BCUT2D eigenvalue weighted by Gasteiger charge is 2.32. The van der Waals surface area contributed by atoms with Crippen molar-refractivity contribution in [2.24, 2.45) is 0 Å². The molecule has 166 valence electrons. The van der Waals surface area contributed by atoms with Gasteiger partial charge in [0.1, 0.15) is 16.9 Å². The van der Waals surface area contributed by atoms with E-state index in [2.05, 4.69) is 20.6 Å². The van der Waals surface area contributed by atoms with Gasteiger partial charge in [-0.15, -0.1) is 11.3 Å². The number of nitrogens with zero attached hydrogens (tertiary/aromatic N) is 3. The van der Waals surface area contributed by atoms with Gasteiger partial charge < -0.3 is 15.4 Å². The summed E-state index contributed by atoms with van der Waals surface area (Å²) < 4.78 is 20.1. The number of benzene rings is 1. The van der Waals surface area contributed by atoms with E-state index >= 15 is 0 Å². The van der Waals surface area contributed by atoms with Crippen LogP contribution in [0.25, 0.3) is 11.1 Å². The van der Waals surface area contributed by atoms with E-state index in [9.17, 15) is 14.0 Å². The summed E-state index contributed by atoms with van der Waals surface area (Å²) in [6.45, 7) is 3.10. The van der Waals surface area contributed by atoms with Gasteiger partial charge in [-0.05, 0) is 24.3 Å². The molecule has 3 aromatic rings. The Balaban J connectivity index is 1.38. The standard InChI is InChI=1S/C22H22FN5O3S/c1-14(29)26-11-18-13-28(22(30)31-18)17-4-5-19(20(23)8-17)15-2-3-16(27-9-15)10-24-12-21-25-6-7-32-21/h2-9,18,24H,10-13H2,1H3,(H,26,29)/t18-/m0/s1. The molecule has 1 aliphatic rings. The number of anilines is 1. The monoisotopic (exact) mass is 455 g/mol. The minimum absolute atomic E-state index is 0.204. The van der Waals surface area contributed by atoms with Gasteiger partial charge in [0.05, 0.1) is 24.5 Å². The Hall–Kier alpha value is -3.37. The maximum atomic E-state index is 14.8. The van der Waals surface area contributed by atoms with Crippen LogP contribution < -0.4 is 15.5 Å². The van der Waals surface area contributed by atoms with Crippen LogP contribution in [-0.2, 0) is 22.6 Å². The van der Waals surface area contributed by atoms with Crippen LogP contribution in [-0.4, -0.2) is 41.2 Å². The molecule has 1 fully saturated rings. The average molecular weight is 456 g/mol. The van der Waals surface area contributed by atoms with Gasteiger partial charge in [-0.3, -0.25) is 14.7 Å². The highest BCUT2D eigenvalue weighted by Crippen LogP contribution is 2.29. The van der Waals surface area contributed by atoms with E-state index < -0.39 is 18.0 Å². The number of hydrogen-bond donors (Lipinski definition) is 2. The van der Waals surface area contributed by atoms with Crippen LogP contribution in [0.3, 0.4) is 0 Å². The Bertz CT molecular complexity index is 1090. The predicted molar refractivity (Wildman–Crippen MR) is 119 cm³/mol. The van der Waals surface area contributed by atoms with Crippen molar-refractivity contribution in [1.29, 1.82) is 0 Å². The summed E-state index contributed by atoms with van der Waals surface area (Å²) in [6.07, 6.45) is 2.36. The van der Waals surface area contributed by atoms with Gasteiger partial charge in [0.15, 0.2) is 0 Å². The number of pyridine rings is 1. The molecule has 0 bridgehead atoms. The molecule has 4 rings (SSSR count). The highest BCUT2D eigenvalue weighted by molar-refractivity contribution is 7.09. The molecular weight excluding hydrogens is 433 g/mol. The Morgan fingerprint density at radius 1 is 1.28 bits per heavy atom. The Morgan fingerprint density at radius 3 is 2.84 bits per heavy atom. The number of ether oxygens (including phenoxy) is 1. The number of amides is 2. The molecule has 10 heteroatoms. The SMILES string of the molecule is CC(=O)NC[C@H]1CN(c2ccc(-c3ccc(CNCc4nccs4)nc3)c(F)c2)C(=O)O1. The van der Waals surface area contributed by atoms with E-state index in [0.717, 1.165) is 10.7 Å². The minimum atomic E-state index is -0.566. The van der Waals surface area contributed by atoms with E-state index in [-0.39, 0.29) is 19.0 Å². The van der Waals surface area contributed by atoms with Gasteiger partial charge in [0.2, 0.25) is 5.91 Å². The van der Waals surface area contributed by atoms with Crippen LogP contribution in [0, 0.1) is 5.82 Å². The van der Waals surface area contributed by atoms with Crippen molar-refractivity contribution in [3.63, 3.8) is 0 Å². The maximum absolute atomic E-state index is 14.8. The van der Waals surface area contributed by atoms with Crippen LogP contribution in [0.4, 0.5) is 14.9 Å². The lowest BCUT2D eigenvalue weighted by molar-refractivity contribution is -0.119. The van der Waals surface area contributed by atoms with E-state index in [1.165, 1.54) is 17.9 Å². The summed E-state index contributed by atoms with van der Waals surface area (Å²) in [5.74, 6) is -0.665. The summed E-state index contributed by atoms with van der Waals surface area (Å²) in [5, 5.41) is 8.83. The van der Waals surface area contributed by atoms with Crippen molar-refractivity contribution in [1.82, 2.24) is 20.6 Å². The molecule has 0 spiro atoms. The molecule has 3 heterocycles. The number of nitrogens with one attached hydrogen (secondary N) is 2. The molecule has 1 atom stereocenters. The Labute approximate surface area is 188 Å². The van der Waals surface area contributed by atoms with Gasteiger partial charge >= 0.3 is 6.09 Å². The number of carbonyl (C=O) groups excluding carboxylic acids is 2. The summed E-state index contributed by atoms with van der Waals surface area (Å²) >= 11 is 1.59. The molecular formula is C22H22FN5O3S. The Kier molecular flexibility index (Phi) is 6.72. The van der Waals surface area contributed by atoms with Crippen molar-refractivity contribution < 1.29 is 18.7 Å². The van der Waals surface area contributed by atoms with Gasteiger partial charge in [-0.25, -0.2) is 14.2 Å². The molecule has 32 heavy (non-hydrogen) atoms. The van der Waals surface area contributed by atoms with Crippen LogP contribution in [0.2, 0.25) is 0 Å². The first kappa shape index (κ1) is 21.8. The molecule has 1 aliphatic heterocycles. The molecule has 0 radical (unpaired) electrons. The van der Waals surface area contributed by atoms with E-state index in [4.69, 9.17) is 4.74 Å². The van der Waals surface area contributed by atoms with Gasteiger partial charge in [0, 0.05) is 48.9 Å². The number of rotatable bonds is 8. The number of hydrogen-bond acceptors (Lipinski definition) is 7. The molecule has 1 aromatic carbocycles. The highest BCUT2D eigenvalue weighted by atomic mass is 32.1. The third-order valence-electron chi connectivity index (χ3n) is 4.92. The zero-order valence-corrected chi connectivity index (χ0v) is 18.2. The first-order valence-corrected chi connectivity index (χ1v) is 10.9. The van der Waals surface area contributed by atoms with E-state index in [1.807, 2.05) is 17.5 Å². The second-order valence-electron chi connectivity index (χ2n) is 7.29. The fourth-order valence-electron chi connectivity index (χ4n) is 3.33. The van der Waals surface area contributed by atoms with Gasteiger partial charge in [-0.1, -0.05) is 6.07 Å². The number of carbonyl (C=O) groups is 2. The zero-order chi connectivity index (χ0) is 22.5. The minimum Gasteiger partial charge on any atom is -0.442 e. The van der Waals surface area contributed by atoms with Crippen LogP contribution in [0.1, 0.15) is 17.6 Å². The van der Waals surface area contributed by atoms with Crippen molar-refractivity contribution >= 4 is 29.0 Å². The molecule has 2 N–H and O–H groups in total. The number of cyclic esters (lactones) is 1. The first-order valence-electron chi connectivity index (χ1n) is 10.1. The van der Waals surface area contributed by atoms with Crippen molar-refractivity contribution in [2.45, 2.75) is 26.1 Å². The smallest absolute Gasteiger partial charge is 0.414 e. The fraction of sp³-hybridized carbons (Fsp3) is 0.273. The molecule has 2 aromatic heterocycles. The third kappa shape index (κ3) is 5.27. The van der Waals surface area contributed by atoms with E-state index in [0.29, 0.717) is 29.9 Å². The van der Waals surface area contributed by atoms with E-state index in [1.54, 1.807) is 35.9 Å². The topological polar surface area (TPSA) is 96.5 Å². The number of aromatic nitrogens is 2. The second-order valence-corrected chi connectivity index (χ2v) is 8.26. The molecule has 2 amide bonds. The molecule has 0 aliphatic carbocycles. The molecule has 1 saturated heterocycles. The molecule has 0 unspecified atom stereocenters. The lowest BCUT2D eigenvalue weighted by Gasteiger charge is -2.14. The normalized spacial score (nSPS) is 15.6. The summed E-state index contributed by atoms with van der Waals surface area (Å²) in [6, 6.07) is 8.27. The summed E-state index contributed by atoms with van der Waals surface area (Å²) in [7, 11) is 0. The second kappa shape index (κ2) is 9.84. The lowest BCUT2D eigenvalue weighted by Crippen LogP contribution is -2.33. The quantitative estimate of drug-likeness (QED) is 0.542.